The Morgan fingerprint density at radius 1 is 1.10 bits per heavy atom. The van der Waals surface area contributed by atoms with Gasteiger partial charge >= 0.3 is 0 Å². The third-order valence-corrected chi connectivity index (χ3v) is 3.72. The lowest BCUT2D eigenvalue weighted by molar-refractivity contribution is 0.0636. The Kier molecular flexibility index (Phi) is 4.09. The highest BCUT2D eigenvalue weighted by atomic mass is 16.3. The van der Waals surface area contributed by atoms with Crippen LogP contribution < -0.4 is 4.90 Å². The predicted molar refractivity (Wildman–Crippen MR) is 84.8 cm³/mol. The zero-order valence-electron chi connectivity index (χ0n) is 13.3. The van der Waals surface area contributed by atoms with Gasteiger partial charge in [0.15, 0.2) is 0 Å². The summed E-state index contributed by atoms with van der Waals surface area (Å²) in [4.78, 5) is 4.53. The summed E-state index contributed by atoms with van der Waals surface area (Å²) in [7, 11) is 0. The van der Waals surface area contributed by atoms with Crippen LogP contribution >= 0.6 is 0 Å². The molecule has 2 rings (SSSR count). The molecule has 0 bridgehead atoms. The van der Waals surface area contributed by atoms with Crippen LogP contribution in [0.15, 0.2) is 24.5 Å². The molecule has 0 spiro atoms. The molecule has 3 nitrogen and oxygen atoms in total. The first kappa shape index (κ1) is 14.9. The Hall–Kier alpha value is -1.48. The van der Waals surface area contributed by atoms with Crippen molar-refractivity contribution in [3.05, 3.63) is 41.2 Å². The molecule has 20 heavy (non-hydrogen) atoms. The summed E-state index contributed by atoms with van der Waals surface area (Å²) >= 11 is 0. The lowest BCUT2D eigenvalue weighted by atomic mass is 10.0. The van der Waals surface area contributed by atoms with Crippen molar-refractivity contribution in [2.45, 2.75) is 46.6 Å². The summed E-state index contributed by atoms with van der Waals surface area (Å²) in [6.45, 7) is 11.9. The van der Waals surface area contributed by atoms with Crippen LogP contribution in [-0.4, -0.2) is 28.8 Å². The van der Waals surface area contributed by atoms with Crippen LogP contribution in [0.1, 0.15) is 37.0 Å². The minimum atomic E-state index is -0.600. The number of benzene rings is 1. The molecule has 0 atom stereocenters. The quantitative estimate of drug-likeness (QED) is 0.912. The fourth-order valence-corrected chi connectivity index (χ4v) is 2.80. The molecule has 1 aliphatic heterocycles. The second-order valence-electron chi connectivity index (χ2n) is 6.53. The van der Waals surface area contributed by atoms with E-state index in [0.717, 1.165) is 19.6 Å². The maximum absolute atomic E-state index is 9.82. The summed E-state index contributed by atoms with van der Waals surface area (Å²) in [6, 6.07) is 4.46. The Morgan fingerprint density at radius 2 is 1.70 bits per heavy atom. The van der Waals surface area contributed by atoms with Gasteiger partial charge in [-0.15, -0.1) is 0 Å². The summed E-state index contributed by atoms with van der Waals surface area (Å²) < 4.78 is 0. The minimum absolute atomic E-state index is 0.600. The van der Waals surface area contributed by atoms with Crippen LogP contribution in [0, 0.1) is 20.8 Å². The van der Waals surface area contributed by atoms with E-state index in [1.54, 1.807) is 0 Å². The van der Waals surface area contributed by atoms with Gasteiger partial charge in [0.25, 0.3) is 0 Å². The third-order valence-electron chi connectivity index (χ3n) is 3.72. The molecule has 0 fully saturated rings. The van der Waals surface area contributed by atoms with Crippen molar-refractivity contribution in [2.24, 2.45) is 0 Å². The average Bonchev–Trinajstić information content (AvgIpc) is 2.72. The van der Waals surface area contributed by atoms with E-state index in [0.29, 0.717) is 0 Å². The zero-order chi connectivity index (χ0) is 14.9. The third kappa shape index (κ3) is 3.54. The molecule has 0 saturated carbocycles. The van der Waals surface area contributed by atoms with E-state index in [2.05, 4.69) is 55.1 Å². The van der Waals surface area contributed by atoms with Crippen LogP contribution in [0.5, 0.6) is 0 Å². The first-order chi connectivity index (χ1) is 9.26. The molecule has 0 unspecified atom stereocenters. The maximum Gasteiger partial charge on any atom is 0.0942 e. The monoisotopic (exact) mass is 274 g/mol. The molecule has 0 radical (unpaired) electrons. The molecule has 3 heteroatoms. The van der Waals surface area contributed by atoms with Gasteiger partial charge in [0, 0.05) is 24.6 Å². The van der Waals surface area contributed by atoms with Gasteiger partial charge in [-0.05, 0) is 52.2 Å². The molecular formula is C17H26N2O. The highest BCUT2D eigenvalue weighted by molar-refractivity contribution is 5.62. The van der Waals surface area contributed by atoms with Crippen LogP contribution in [0.25, 0.3) is 0 Å². The molecule has 0 aromatic heterocycles. The molecule has 1 aliphatic rings. The second kappa shape index (κ2) is 5.49. The molecule has 1 aromatic rings. The lowest BCUT2D eigenvalue weighted by Crippen LogP contribution is -2.31. The number of aryl methyl sites for hydroxylation is 3. The molecule has 1 N–H and O–H groups in total. The van der Waals surface area contributed by atoms with Gasteiger partial charge in [0.2, 0.25) is 0 Å². The number of hydrogen-bond acceptors (Lipinski definition) is 3. The second-order valence-corrected chi connectivity index (χ2v) is 6.53. The van der Waals surface area contributed by atoms with E-state index < -0.39 is 5.60 Å². The van der Waals surface area contributed by atoms with Crippen LogP contribution in [0.3, 0.4) is 0 Å². The van der Waals surface area contributed by atoms with Crippen molar-refractivity contribution in [1.29, 1.82) is 0 Å². The van der Waals surface area contributed by atoms with Crippen molar-refractivity contribution in [3.8, 4) is 0 Å². The van der Waals surface area contributed by atoms with Crippen molar-refractivity contribution in [2.75, 3.05) is 18.1 Å². The predicted octanol–water partition coefficient (Wildman–Crippen LogP) is 3.32. The first-order valence-corrected chi connectivity index (χ1v) is 7.25. The van der Waals surface area contributed by atoms with E-state index in [1.807, 2.05) is 13.8 Å². The summed E-state index contributed by atoms with van der Waals surface area (Å²) in [6.07, 6.45) is 5.02. The van der Waals surface area contributed by atoms with Gasteiger partial charge in [0.05, 0.1) is 12.3 Å². The highest BCUT2D eigenvalue weighted by Gasteiger charge is 2.20. The van der Waals surface area contributed by atoms with E-state index in [9.17, 15) is 5.11 Å². The van der Waals surface area contributed by atoms with Gasteiger partial charge in [-0.25, -0.2) is 0 Å². The Labute approximate surface area is 122 Å². The van der Waals surface area contributed by atoms with Gasteiger partial charge in [-0.2, -0.15) is 0 Å². The summed E-state index contributed by atoms with van der Waals surface area (Å²) in [5.74, 6) is 0. The van der Waals surface area contributed by atoms with E-state index >= 15 is 0 Å². The van der Waals surface area contributed by atoms with Gasteiger partial charge in [0.1, 0.15) is 0 Å². The Morgan fingerprint density at radius 3 is 2.25 bits per heavy atom. The number of hydrogen-bond donors (Lipinski definition) is 1. The summed E-state index contributed by atoms with van der Waals surface area (Å²) in [5.41, 5.74) is 4.65. The van der Waals surface area contributed by atoms with Crippen LogP contribution in [-0.2, 0) is 0 Å². The number of anilines is 1. The number of nitrogens with zero attached hydrogens (tertiary/aromatic N) is 2. The normalized spacial score (nSPS) is 15.3. The molecule has 1 aromatic carbocycles. The van der Waals surface area contributed by atoms with Crippen LogP contribution in [0.2, 0.25) is 0 Å². The molecule has 0 saturated heterocycles. The standard InChI is InChI=1S/C17H26N2O/c1-13-10-14(2)16(15(3)11-13)19-9-8-18(12-19)7-6-17(4,5)20/h8-11,20H,6-7,12H2,1-5H3. The van der Waals surface area contributed by atoms with Gasteiger partial charge in [-0.1, -0.05) is 17.7 Å². The van der Waals surface area contributed by atoms with Gasteiger partial charge in [-0.3, -0.25) is 0 Å². The number of aliphatic hydroxyl groups is 1. The zero-order valence-corrected chi connectivity index (χ0v) is 13.3. The molecule has 110 valence electrons. The molecule has 0 amide bonds. The van der Waals surface area contributed by atoms with Crippen molar-refractivity contribution >= 4 is 5.69 Å². The van der Waals surface area contributed by atoms with Crippen molar-refractivity contribution in [3.63, 3.8) is 0 Å². The summed E-state index contributed by atoms with van der Waals surface area (Å²) in [5, 5.41) is 9.82. The first-order valence-electron chi connectivity index (χ1n) is 7.25. The molecule has 1 heterocycles. The van der Waals surface area contributed by atoms with E-state index in [-0.39, 0.29) is 0 Å². The van der Waals surface area contributed by atoms with E-state index in [4.69, 9.17) is 0 Å². The Bertz CT molecular complexity index is 491. The highest BCUT2D eigenvalue weighted by Crippen LogP contribution is 2.29. The molecular weight excluding hydrogens is 248 g/mol. The number of rotatable bonds is 4. The molecule has 0 aliphatic carbocycles. The van der Waals surface area contributed by atoms with Crippen LogP contribution in [0.4, 0.5) is 5.69 Å². The largest absolute Gasteiger partial charge is 0.390 e. The topological polar surface area (TPSA) is 26.7 Å². The average molecular weight is 274 g/mol. The van der Waals surface area contributed by atoms with Gasteiger partial charge < -0.3 is 14.9 Å². The van der Waals surface area contributed by atoms with E-state index in [1.165, 1.54) is 22.4 Å². The van der Waals surface area contributed by atoms with Crippen molar-refractivity contribution in [1.82, 2.24) is 4.90 Å². The maximum atomic E-state index is 9.82. The Balaban J connectivity index is 2.06. The smallest absolute Gasteiger partial charge is 0.0942 e. The SMILES string of the molecule is Cc1cc(C)c(N2C=CN(CCC(C)(C)O)C2)c(C)c1. The fourth-order valence-electron chi connectivity index (χ4n) is 2.80. The fraction of sp³-hybridized carbons (Fsp3) is 0.529. The minimum Gasteiger partial charge on any atom is -0.390 e. The van der Waals surface area contributed by atoms with Crippen molar-refractivity contribution < 1.29 is 5.11 Å². The lowest BCUT2D eigenvalue weighted by Gasteiger charge is -2.26.